The lowest BCUT2D eigenvalue weighted by molar-refractivity contribution is -0.143. The highest BCUT2D eigenvalue weighted by molar-refractivity contribution is 5.97. The quantitative estimate of drug-likeness (QED) is 0.396. The molecule has 0 atom stereocenters. The number of benzene rings is 1. The van der Waals surface area contributed by atoms with Gasteiger partial charge in [-0.1, -0.05) is 25.5 Å². The zero-order chi connectivity index (χ0) is 19.2. The third-order valence-corrected chi connectivity index (χ3v) is 3.87. The number of esters is 1. The highest BCUT2D eigenvalue weighted by atomic mass is 16.5. The van der Waals surface area contributed by atoms with E-state index in [1.54, 1.807) is 30.0 Å². The zero-order valence-electron chi connectivity index (χ0n) is 16.2. The molecular formula is C20H31NO5. The molecule has 0 aliphatic carbocycles. The summed E-state index contributed by atoms with van der Waals surface area (Å²) < 4.78 is 15.8. The van der Waals surface area contributed by atoms with Gasteiger partial charge < -0.3 is 19.1 Å². The molecule has 0 aliphatic heterocycles. The second-order valence-corrected chi connectivity index (χ2v) is 5.87. The van der Waals surface area contributed by atoms with Gasteiger partial charge in [-0.15, -0.1) is 0 Å². The van der Waals surface area contributed by atoms with Gasteiger partial charge in [0.25, 0.3) is 5.91 Å². The summed E-state index contributed by atoms with van der Waals surface area (Å²) in [5.41, 5.74) is 0.491. The molecule has 6 nitrogen and oxygen atoms in total. The van der Waals surface area contributed by atoms with Gasteiger partial charge in [0.05, 0.1) is 25.7 Å². The van der Waals surface area contributed by atoms with E-state index in [1.165, 1.54) is 7.11 Å². The molecule has 0 spiro atoms. The van der Waals surface area contributed by atoms with Gasteiger partial charge >= 0.3 is 5.97 Å². The first-order valence-corrected chi connectivity index (χ1v) is 9.29. The summed E-state index contributed by atoms with van der Waals surface area (Å²) in [6.07, 6.45) is 3.02. The van der Waals surface area contributed by atoms with Crippen molar-refractivity contribution in [3.8, 4) is 5.75 Å². The number of carbonyl (C=O) groups excluding carboxylic acids is 2. The average molecular weight is 365 g/mol. The summed E-state index contributed by atoms with van der Waals surface area (Å²) in [6, 6.07) is 7.11. The van der Waals surface area contributed by atoms with Crippen molar-refractivity contribution in [2.75, 3.05) is 40.0 Å². The van der Waals surface area contributed by atoms with Crippen molar-refractivity contribution < 1.29 is 23.8 Å². The Morgan fingerprint density at radius 1 is 1.04 bits per heavy atom. The fraction of sp³-hybridized carbons (Fsp3) is 0.600. The molecule has 0 unspecified atom stereocenters. The zero-order valence-corrected chi connectivity index (χ0v) is 16.2. The molecular weight excluding hydrogens is 334 g/mol. The maximum absolute atomic E-state index is 12.9. The van der Waals surface area contributed by atoms with Gasteiger partial charge in [0.2, 0.25) is 0 Å². The molecule has 0 aromatic heterocycles. The number of para-hydroxylation sites is 1. The molecule has 1 aromatic rings. The molecule has 0 aliphatic rings. The van der Waals surface area contributed by atoms with Gasteiger partial charge in [-0.3, -0.25) is 9.59 Å². The number of ether oxygens (including phenoxy) is 3. The van der Waals surface area contributed by atoms with Crippen molar-refractivity contribution in [1.82, 2.24) is 4.90 Å². The third-order valence-electron chi connectivity index (χ3n) is 3.87. The summed E-state index contributed by atoms with van der Waals surface area (Å²) in [5, 5.41) is 0. The van der Waals surface area contributed by atoms with Crippen LogP contribution in [0.5, 0.6) is 5.75 Å². The molecule has 1 rings (SSSR count). The lowest BCUT2D eigenvalue weighted by Crippen LogP contribution is -2.35. The predicted octanol–water partition coefficient (Wildman–Crippen LogP) is 3.30. The number of methoxy groups -OCH3 is 1. The van der Waals surface area contributed by atoms with Crippen LogP contribution in [0.25, 0.3) is 0 Å². The van der Waals surface area contributed by atoms with Gasteiger partial charge in [0, 0.05) is 26.3 Å². The molecule has 0 fully saturated rings. The van der Waals surface area contributed by atoms with Crippen molar-refractivity contribution in [2.24, 2.45) is 0 Å². The molecule has 0 saturated heterocycles. The molecule has 1 amide bonds. The van der Waals surface area contributed by atoms with Gasteiger partial charge in [-0.25, -0.2) is 0 Å². The summed E-state index contributed by atoms with van der Waals surface area (Å²) in [5.74, 6) is 0.0719. The van der Waals surface area contributed by atoms with E-state index in [4.69, 9.17) is 14.2 Å². The Labute approximate surface area is 156 Å². The maximum Gasteiger partial charge on any atom is 0.307 e. The lowest BCUT2D eigenvalue weighted by Gasteiger charge is -2.23. The summed E-state index contributed by atoms with van der Waals surface area (Å²) in [6.45, 7) is 6.38. The van der Waals surface area contributed by atoms with E-state index in [-0.39, 0.29) is 18.3 Å². The number of carbonyl (C=O) groups is 2. The molecule has 0 N–H and O–H groups in total. The first-order chi connectivity index (χ1) is 12.6. The minimum absolute atomic E-state index is 0.152. The van der Waals surface area contributed by atoms with Gasteiger partial charge in [-0.2, -0.15) is 0 Å². The Kier molecular flexibility index (Phi) is 11.1. The van der Waals surface area contributed by atoms with E-state index in [0.29, 0.717) is 44.0 Å². The smallest absolute Gasteiger partial charge is 0.307 e. The fourth-order valence-electron chi connectivity index (χ4n) is 2.47. The molecule has 6 heteroatoms. The number of rotatable bonds is 13. The van der Waals surface area contributed by atoms with Crippen LogP contribution >= 0.6 is 0 Å². The topological polar surface area (TPSA) is 65.1 Å². The number of hydrogen-bond acceptors (Lipinski definition) is 5. The van der Waals surface area contributed by atoms with Crippen molar-refractivity contribution in [3.05, 3.63) is 29.8 Å². The van der Waals surface area contributed by atoms with Crippen molar-refractivity contribution in [2.45, 2.75) is 39.5 Å². The standard InChI is InChI=1S/C20H31NO5/c1-4-6-15-25-16-9-13-21(14-12-19(22)26-5-2)20(23)17-10-7-8-11-18(17)24-3/h7-8,10-11H,4-6,9,12-16H2,1-3H3. The van der Waals surface area contributed by atoms with Crippen LogP contribution in [0.2, 0.25) is 0 Å². The van der Waals surface area contributed by atoms with Gasteiger partial charge in [-0.05, 0) is 31.9 Å². The third kappa shape index (κ3) is 7.87. The molecule has 0 heterocycles. The maximum atomic E-state index is 12.9. The summed E-state index contributed by atoms with van der Waals surface area (Å²) in [7, 11) is 1.54. The first-order valence-electron chi connectivity index (χ1n) is 9.29. The Bertz CT molecular complexity index is 547. The van der Waals surface area contributed by atoms with Crippen molar-refractivity contribution in [3.63, 3.8) is 0 Å². The SMILES string of the molecule is CCCCOCCCN(CCC(=O)OCC)C(=O)c1ccccc1OC. The van der Waals surface area contributed by atoms with Crippen LogP contribution in [-0.4, -0.2) is 56.8 Å². The second kappa shape index (κ2) is 13.2. The van der Waals surface area contributed by atoms with Crippen molar-refractivity contribution >= 4 is 11.9 Å². The van der Waals surface area contributed by atoms with Crippen LogP contribution in [0, 0.1) is 0 Å². The van der Waals surface area contributed by atoms with Crippen LogP contribution in [0.15, 0.2) is 24.3 Å². The summed E-state index contributed by atoms with van der Waals surface area (Å²) >= 11 is 0. The number of nitrogens with zero attached hydrogens (tertiary/aromatic N) is 1. The molecule has 26 heavy (non-hydrogen) atoms. The number of unbranched alkanes of at least 4 members (excludes halogenated alkanes) is 1. The highest BCUT2D eigenvalue weighted by Gasteiger charge is 2.20. The number of amides is 1. The normalized spacial score (nSPS) is 10.4. The molecule has 146 valence electrons. The fourth-order valence-corrected chi connectivity index (χ4v) is 2.47. The monoisotopic (exact) mass is 365 g/mol. The molecule has 0 bridgehead atoms. The predicted molar refractivity (Wildman–Crippen MR) is 100 cm³/mol. The molecule has 1 aromatic carbocycles. The molecule has 0 saturated carbocycles. The Balaban J connectivity index is 2.69. The van der Waals surface area contributed by atoms with E-state index in [2.05, 4.69) is 6.92 Å². The van der Waals surface area contributed by atoms with Crippen molar-refractivity contribution in [1.29, 1.82) is 0 Å². The van der Waals surface area contributed by atoms with E-state index in [0.717, 1.165) is 19.4 Å². The van der Waals surface area contributed by atoms with Crippen LogP contribution in [0.4, 0.5) is 0 Å². The van der Waals surface area contributed by atoms with Gasteiger partial charge in [0.15, 0.2) is 0 Å². The Morgan fingerprint density at radius 2 is 1.77 bits per heavy atom. The first kappa shape index (κ1) is 22.0. The minimum atomic E-state index is -0.301. The minimum Gasteiger partial charge on any atom is -0.496 e. The van der Waals surface area contributed by atoms with Crippen LogP contribution in [0.1, 0.15) is 49.9 Å². The lowest BCUT2D eigenvalue weighted by atomic mass is 10.1. The summed E-state index contributed by atoms with van der Waals surface area (Å²) in [4.78, 5) is 26.2. The van der Waals surface area contributed by atoms with Gasteiger partial charge in [0.1, 0.15) is 5.75 Å². The largest absolute Gasteiger partial charge is 0.496 e. The highest BCUT2D eigenvalue weighted by Crippen LogP contribution is 2.19. The van der Waals surface area contributed by atoms with E-state index < -0.39 is 0 Å². The number of hydrogen-bond donors (Lipinski definition) is 0. The second-order valence-electron chi connectivity index (χ2n) is 5.87. The van der Waals surface area contributed by atoms with E-state index in [1.807, 2.05) is 6.07 Å². The van der Waals surface area contributed by atoms with Crippen LogP contribution in [0.3, 0.4) is 0 Å². The van der Waals surface area contributed by atoms with E-state index in [9.17, 15) is 9.59 Å². The average Bonchev–Trinajstić information content (AvgIpc) is 2.66. The molecule has 0 radical (unpaired) electrons. The van der Waals surface area contributed by atoms with Crippen LogP contribution < -0.4 is 4.74 Å². The van der Waals surface area contributed by atoms with Crippen LogP contribution in [-0.2, 0) is 14.3 Å². The van der Waals surface area contributed by atoms with E-state index >= 15 is 0 Å². The Hall–Kier alpha value is -2.08. The Morgan fingerprint density at radius 3 is 2.46 bits per heavy atom.